The summed E-state index contributed by atoms with van der Waals surface area (Å²) in [5.41, 5.74) is 4.76. The number of nitrogens with one attached hydrogen (secondary N) is 1. The topological polar surface area (TPSA) is 46.9 Å². The van der Waals surface area contributed by atoms with Crippen molar-refractivity contribution in [1.82, 2.24) is 9.66 Å². The second kappa shape index (κ2) is 6.36. The fourth-order valence-electron chi connectivity index (χ4n) is 2.16. The molecule has 2 heterocycles. The van der Waals surface area contributed by atoms with Crippen molar-refractivity contribution in [2.75, 3.05) is 12.0 Å². The maximum atomic E-state index is 12.3. The molecular formula is C15H21N3O. The van der Waals surface area contributed by atoms with Gasteiger partial charge in [-0.15, -0.1) is 0 Å². The van der Waals surface area contributed by atoms with Crippen LogP contribution in [0.3, 0.4) is 0 Å². The maximum absolute atomic E-state index is 12.3. The van der Waals surface area contributed by atoms with Crippen LogP contribution in [0.15, 0.2) is 29.2 Å². The lowest BCUT2D eigenvalue weighted by Gasteiger charge is -2.13. The van der Waals surface area contributed by atoms with Crippen molar-refractivity contribution in [2.24, 2.45) is 0 Å². The molecule has 0 unspecified atom stereocenters. The monoisotopic (exact) mass is 259 g/mol. The Hall–Kier alpha value is -1.84. The molecule has 4 heteroatoms. The standard InChI is InChI=1S/C15H21N3O/c1-3-5-6-10-17-18-14-13(8-7-9-16-14)11-12(4-2)15(18)19/h7-9,11,17H,3-6,10H2,1-2H3. The van der Waals surface area contributed by atoms with E-state index in [4.69, 9.17) is 0 Å². The Morgan fingerprint density at radius 3 is 2.89 bits per heavy atom. The Balaban J connectivity index is 2.38. The number of rotatable bonds is 6. The summed E-state index contributed by atoms with van der Waals surface area (Å²) in [5.74, 6) is 0. The average Bonchev–Trinajstić information content (AvgIpc) is 2.45. The zero-order valence-corrected chi connectivity index (χ0v) is 11.6. The predicted octanol–water partition coefficient (Wildman–Crippen LogP) is 2.69. The molecule has 0 atom stereocenters. The summed E-state index contributed by atoms with van der Waals surface area (Å²) in [6.07, 6.45) is 5.86. The summed E-state index contributed by atoms with van der Waals surface area (Å²) in [6.45, 7) is 4.97. The number of aryl methyl sites for hydroxylation is 1. The SMILES string of the molecule is CCCCCNn1c(=O)c(CC)cc2cccnc21. The van der Waals surface area contributed by atoms with E-state index in [1.807, 2.05) is 25.1 Å². The van der Waals surface area contributed by atoms with Gasteiger partial charge in [0, 0.05) is 23.7 Å². The summed E-state index contributed by atoms with van der Waals surface area (Å²) in [5, 5.41) is 1.00. The number of hydrogen-bond donors (Lipinski definition) is 1. The Kier molecular flexibility index (Phi) is 4.55. The molecule has 4 nitrogen and oxygen atoms in total. The first-order valence-electron chi connectivity index (χ1n) is 7.01. The molecular weight excluding hydrogens is 238 g/mol. The molecule has 0 spiro atoms. The molecule has 0 aliphatic carbocycles. The minimum atomic E-state index is 0.0187. The first-order chi connectivity index (χ1) is 9.27. The number of pyridine rings is 2. The van der Waals surface area contributed by atoms with Crippen LogP contribution < -0.4 is 11.0 Å². The summed E-state index contributed by atoms with van der Waals surface area (Å²) in [4.78, 5) is 16.7. The van der Waals surface area contributed by atoms with E-state index in [1.54, 1.807) is 10.9 Å². The summed E-state index contributed by atoms with van der Waals surface area (Å²) in [7, 11) is 0. The van der Waals surface area contributed by atoms with E-state index < -0.39 is 0 Å². The van der Waals surface area contributed by atoms with Crippen LogP contribution in [0.1, 0.15) is 38.7 Å². The van der Waals surface area contributed by atoms with Crippen LogP contribution in [-0.2, 0) is 6.42 Å². The molecule has 2 aromatic rings. The number of unbranched alkanes of at least 4 members (excludes halogenated alkanes) is 2. The molecule has 0 radical (unpaired) electrons. The first kappa shape index (κ1) is 13.6. The van der Waals surface area contributed by atoms with Crippen molar-refractivity contribution in [2.45, 2.75) is 39.5 Å². The maximum Gasteiger partial charge on any atom is 0.273 e. The molecule has 0 amide bonds. The highest BCUT2D eigenvalue weighted by Gasteiger charge is 2.08. The van der Waals surface area contributed by atoms with Gasteiger partial charge in [0.1, 0.15) is 0 Å². The fourth-order valence-corrected chi connectivity index (χ4v) is 2.16. The molecule has 19 heavy (non-hydrogen) atoms. The third kappa shape index (κ3) is 2.95. The van der Waals surface area contributed by atoms with Crippen LogP contribution in [0.5, 0.6) is 0 Å². The van der Waals surface area contributed by atoms with Gasteiger partial charge in [0.2, 0.25) is 0 Å². The van der Waals surface area contributed by atoms with Crippen molar-refractivity contribution in [3.8, 4) is 0 Å². The lowest BCUT2D eigenvalue weighted by molar-refractivity contribution is 0.697. The third-order valence-corrected chi connectivity index (χ3v) is 3.27. The third-order valence-electron chi connectivity index (χ3n) is 3.27. The number of hydrogen-bond acceptors (Lipinski definition) is 3. The highest BCUT2D eigenvalue weighted by Crippen LogP contribution is 2.10. The van der Waals surface area contributed by atoms with Gasteiger partial charge in [-0.05, 0) is 31.0 Å². The van der Waals surface area contributed by atoms with E-state index in [9.17, 15) is 4.79 Å². The van der Waals surface area contributed by atoms with Gasteiger partial charge in [-0.2, -0.15) is 0 Å². The van der Waals surface area contributed by atoms with Crippen molar-refractivity contribution < 1.29 is 0 Å². The Labute approximate surface area is 113 Å². The van der Waals surface area contributed by atoms with Gasteiger partial charge in [-0.25, -0.2) is 9.66 Å². The van der Waals surface area contributed by atoms with E-state index in [-0.39, 0.29) is 5.56 Å². The van der Waals surface area contributed by atoms with Gasteiger partial charge < -0.3 is 5.43 Å². The van der Waals surface area contributed by atoms with Gasteiger partial charge in [0.25, 0.3) is 5.56 Å². The lowest BCUT2D eigenvalue weighted by atomic mass is 10.2. The van der Waals surface area contributed by atoms with Gasteiger partial charge in [-0.3, -0.25) is 4.79 Å². The van der Waals surface area contributed by atoms with Gasteiger partial charge in [0.15, 0.2) is 5.65 Å². The predicted molar refractivity (Wildman–Crippen MR) is 79.1 cm³/mol. The van der Waals surface area contributed by atoms with Gasteiger partial charge in [0.05, 0.1) is 0 Å². The zero-order valence-electron chi connectivity index (χ0n) is 11.6. The molecule has 0 aliphatic heterocycles. The van der Waals surface area contributed by atoms with Crippen molar-refractivity contribution in [3.63, 3.8) is 0 Å². The summed E-state index contributed by atoms with van der Waals surface area (Å²) in [6, 6.07) is 5.83. The fraction of sp³-hybridized carbons (Fsp3) is 0.467. The number of nitrogens with zero attached hydrogens (tertiary/aromatic N) is 2. The van der Waals surface area contributed by atoms with Crippen molar-refractivity contribution in [1.29, 1.82) is 0 Å². The second-order valence-electron chi connectivity index (χ2n) is 4.70. The highest BCUT2D eigenvalue weighted by molar-refractivity contribution is 5.75. The van der Waals surface area contributed by atoms with Crippen molar-refractivity contribution in [3.05, 3.63) is 40.3 Å². The molecule has 0 aliphatic rings. The summed E-state index contributed by atoms with van der Waals surface area (Å²) < 4.78 is 1.60. The molecule has 0 saturated heterocycles. The highest BCUT2D eigenvalue weighted by atomic mass is 16.1. The van der Waals surface area contributed by atoms with Crippen LogP contribution in [0, 0.1) is 0 Å². The van der Waals surface area contributed by atoms with Crippen molar-refractivity contribution >= 4 is 11.0 Å². The van der Waals surface area contributed by atoms with Gasteiger partial charge >= 0.3 is 0 Å². The molecule has 2 rings (SSSR count). The zero-order chi connectivity index (χ0) is 13.7. The Bertz CT molecular complexity index is 604. The normalized spacial score (nSPS) is 10.8. The molecule has 2 aromatic heterocycles. The molecule has 1 N–H and O–H groups in total. The molecule has 0 fully saturated rings. The smallest absolute Gasteiger partial charge is 0.273 e. The van der Waals surface area contributed by atoms with Crippen LogP contribution >= 0.6 is 0 Å². The van der Waals surface area contributed by atoms with E-state index in [1.165, 1.54) is 12.8 Å². The van der Waals surface area contributed by atoms with Crippen LogP contribution in [0.25, 0.3) is 11.0 Å². The molecule has 0 saturated carbocycles. The number of aromatic nitrogens is 2. The van der Waals surface area contributed by atoms with E-state index in [0.717, 1.165) is 30.3 Å². The van der Waals surface area contributed by atoms with Crippen LogP contribution in [0.2, 0.25) is 0 Å². The lowest BCUT2D eigenvalue weighted by Crippen LogP contribution is -2.32. The largest absolute Gasteiger partial charge is 0.321 e. The Morgan fingerprint density at radius 2 is 2.16 bits per heavy atom. The van der Waals surface area contributed by atoms with E-state index in [2.05, 4.69) is 17.3 Å². The van der Waals surface area contributed by atoms with E-state index >= 15 is 0 Å². The summed E-state index contributed by atoms with van der Waals surface area (Å²) >= 11 is 0. The number of fused-ring (bicyclic) bond motifs is 1. The van der Waals surface area contributed by atoms with Gasteiger partial charge in [-0.1, -0.05) is 26.7 Å². The molecule has 0 aromatic carbocycles. The second-order valence-corrected chi connectivity index (χ2v) is 4.70. The minimum Gasteiger partial charge on any atom is -0.321 e. The molecule has 0 bridgehead atoms. The van der Waals surface area contributed by atoms with Crippen LogP contribution in [0.4, 0.5) is 0 Å². The Morgan fingerprint density at radius 1 is 1.32 bits per heavy atom. The minimum absolute atomic E-state index is 0.0187. The molecule has 102 valence electrons. The first-order valence-corrected chi connectivity index (χ1v) is 7.01. The average molecular weight is 259 g/mol. The van der Waals surface area contributed by atoms with Crippen LogP contribution in [-0.4, -0.2) is 16.2 Å². The van der Waals surface area contributed by atoms with E-state index in [0.29, 0.717) is 5.65 Å². The quantitative estimate of drug-likeness (QED) is 0.811.